The van der Waals surface area contributed by atoms with Crippen LogP contribution in [0.2, 0.25) is 0 Å². The number of carbonyl (C=O) groups is 1. The second-order valence-electron chi connectivity index (χ2n) is 6.88. The van der Waals surface area contributed by atoms with Crippen LogP contribution in [0, 0.1) is 0 Å². The number of aryl methyl sites for hydroxylation is 1. The first-order chi connectivity index (χ1) is 13.7. The maximum atomic E-state index is 12.2. The van der Waals surface area contributed by atoms with Crippen molar-refractivity contribution in [3.63, 3.8) is 0 Å². The summed E-state index contributed by atoms with van der Waals surface area (Å²) < 4.78 is 16.8. The number of amides is 1. The Kier molecular flexibility index (Phi) is 5.37. The first-order valence-electron chi connectivity index (χ1n) is 9.52. The van der Waals surface area contributed by atoms with Crippen molar-refractivity contribution in [3.8, 4) is 17.2 Å². The minimum absolute atomic E-state index is 0.0277. The molecule has 1 amide bonds. The standard InChI is InChI=1S/C22H24N2O4/c1-26-16-9-10-20-21(11-16)28-17(14-27-20)13-24-22(25)8-4-5-15-12-23-19-7-3-2-6-18(15)19/h2-3,6-7,9-12,17,23H,4-5,8,13-14H2,1H3,(H,24,25). The molecule has 146 valence electrons. The van der Waals surface area contributed by atoms with E-state index in [1.165, 1.54) is 10.9 Å². The second kappa shape index (κ2) is 8.25. The molecule has 0 saturated heterocycles. The van der Waals surface area contributed by atoms with Crippen LogP contribution in [0.25, 0.3) is 10.9 Å². The fourth-order valence-electron chi connectivity index (χ4n) is 3.42. The summed E-state index contributed by atoms with van der Waals surface area (Å²) in [6.45, 7) is 0.831. The van der Waals surface area contributed by atoms with E-state index >= 15 is 0 Å². The predicted octanol–water partition coefficient (Wildman–Crippen LogP) is 3.46. The maximum Gasteiger partial charge on any atom is 0.220 e. The lowest BCUT2D eigenvalue weighted by atomic mass is 10.1. The molecule has 2 heterocycles. The Bertz CT molecular complexity index is 966. The van der Waals surface area contributed by atoms with Gasteiger partial charge in [0.25, 0.3) is 0 Å². The van der Waals surface area contributed by atoms with Crippen LogP contribution in [0.1, 0.15) is 18.4 Å². The fourth-order valence-corrected chi connectivity index (χ4v) is 3.42. The number of fused-ring (bicyclic) bond motifs is 2. The van der Waals surface area contributed by atoms with Gasteiger partial charge in [-0.1, -0.05) is 18.2 Å². The highest BCUT2D eigenvalue weighted by Crippen LogP contribution is 2.34. The molecule has 28 heavy (non-hydrogen) atoms. The number of aromatic amines is 1. The molecule has 0 bridgehead atoms. The van der Waals surface area contributed by atoms with Crippen molar-refractivity contribution in [3.05, 3.63) is 54.2 Å². The number of para-hydroxylation sites is 1. The summed E-state index contributed by atoms with van der Waals surface area (Å²) in [7, 11) is 1.61. The highest BCUT2D eigenvalue weighted by molar-refractivity contribution is 5.83. The van der Waals surface area contributed by atoms with Crippen LogP contribution in [0.5, 0.6) is 17.2 Å². The number of aromatic nitrogens is 1. The molecular formula is C22H24N2O4. The zero-order chi connectivity index (χ0) is 19.3. The van der Waals surface area contributed by atoms with Crippen molar-refractivity contribution >= 4 is 16.8 Å². The Labute approximate surface area is 163 Å². The Morgan fingerprint density at radius 1 is 1.25 bits per heavy atom. The molecule has 6 nitrogen and oxygen atoms in total. The van der Waals surface area contributed by atoms with E-state index in [9.17, 15) is 4.79 Å². The van der Waals surface area contributed by atoms with Gasteiger partial charge in [-0.05, 0) is 36.6 Å². The van der Waals surface area contributed by atoms with Crippen LogP contribution >= 0.6 is 0 Å². The van der Waals surface area contributed by atoms with E-state index in [-0.39, 0.29) is 12.0 Å². The van der Waals surface area contributed by atoms with Crippen LogP contribution in [0.3, 0.4) is 0 Å². The SMILES string of the molecule is COc1ccc2c(c1)OC(CNC(=O)CCCc1c[nH]c3ccccc13)CO2. The van der Waals surface area contributed by atoms with Gasteiger partial charge in [0.15, 0.2) is 11.5 Å². The summed E-state index contributed by atoms with van der Waals surface area (Å²) in [4.78, 5) is 15.5. The molecule has 1 atom stereocenters. The smallest absolute Gasteiger partial charge is 0.220 e. The molecule has 2 N–H and O–H groups in total. The van der Waals surface area contributed by atoms with Crippen molar-refractivity contribution in [1.82, 2.24) is 10.3 Å². The molecule has 0 spiro atoms. The number of nitrogens with one attached hydrogen (secondary N) is 2. The number of rotatable bonds is 7. The van der Waals surface area contributed by atoms with Gasteiger partial charge in [-0.15, -0.1) is 0 Å². The zero-order valence-corrected chi connectivity index (χ0v) is 15.9. The molecule has 0 fully saturated rings. The number of ether oxygens (including phenoxy) is 3. The van der Waals surface area contributed by atoms with Gasteiger partial charge in [-0.2, -0.15) is 0 Å². The third-order valence-corrected chi connectivity index (χ3v) is 4.92. The molecular weight excluding hydrogens is 356 g/mol. The molecule has 0 aliphatic carbocycles. The van der Waals surface area contributed by atoms with Crippen molar-refractivity contribution < 1.29 is 19.0 Å². The summed E-state index contributed by atoms with van der Waals surface area (Å²) in [5.74, 6) is 2.08. The van der Waals surface area contributed by atoms with E-state index in [0.717, 1.165) is 18.4 Å². The Morgan fingerprint density at radius 2 is 2.14 bits per heavy atom. The van der Waals surface area contributed by atoms with E-state index in [2.05, 4.69) is 22.4 Å². The van der Waals surface area contributed by atoms with Gasteiger partial charge in [0.05, 0.1) is 13.7 Å². The van der Waals surface area contributed by atoms with Crippen molar-refractivity contribution in [2.24, 2.45) is 0 Å². The molecule has 2 aromatic carbocycles. The molecule has 1 unspecified atom stereocenters. The van der Waals surface area contributed by atoms with Crippen LogP contribution in [-0.4, -0.2) is 37.3 Å². The average molecular weight is 380 g/mol. The molecule has 1 aliphatic rings. The highest BCUT2D eigenvalue weighted by Gasteiger charge is 2.22. The lowest BCUT2D eigenvalue weighted by Crippen LogP contribution is -2.40. The van der Waals surface area contributed by atoms with Crippen LogP contribution < -0.4 is 19.5 Å². The molecule has 4 rings (SSSR count). The number of H-pyrrole nitrogens is 1. The summed E-state index contributed by atoms with van der Waals surface area (Å²) in [5, 5.41) is 4.17. The summed E-state index contributed by atoms with van der Waals surface area (Å²) in [6.07, 6.45) is 3.97. The zero-order valence-electron chi connectivity index (χ0n) is 15.9. The minimum Gasteiger partial charge on any atom is -0.497 e. The average Bonchev–Trinajstić information content (AvgIpc) is 3.15. The molecule has 3 aromatic rings. The van der Waals surface area contributed by atoms with Crippen LogP contribution in [0.4, 0.5) is 0 Å². The Balaban J connectivity index is 1.22. The van der Waals surface area contributed by atoms with E-state index in [1.807, 2.05) is 30.5 Å². The number of hydrogen-bond donors (Lipinski definition) is 2. The van der Waals surface area contributed by atoms with Crippen molar-refractivity contribution in [2.45, 2.75) is 25.4 Å². The van der Waals surface area contributed by atoms with E-state index in [1.54, 1.807) is 13.2 Å². The van der Waals surface area contributed by atoms with E-state index < -0.39 is 0 Å². The lowest BCUT2D eigenvalue weighted by Gasteiger charge is -2.27. The second-order valence-corrected chi connectivity index (χ2v) is 6.88. The van der Waals surface area contributed by atoms with Gasteiger partial charge in [0, 0.05) is 29.6 Å². The fraction of sp³-hybridized carbons (Fsp3) is 0.318. The van der Waals surface area contributed by atoms with Gasteiger partial charge in [0.2, 0.25) is 5.91 Å². The van der Waals surface area contributed by atoms with Crippen LogP contribution in [0.15, 0.2) is 48.7 Å². The first kappa shape index (κ1) is 18.2. The molecule has 6 heteroatoms. The quantitative estimate of drug-likeness (QED) is 0.658. The molecule has 0 radical (unpaired) electrons. The summed E-state index contributed by atoms with van der Waals surface area (Å²) in [6, 6.07) is 13.7. The highest BCUT2D eigenvalue weighted by atomic mass is 16.6. The lowest BCUT2D eigenvalue weighted by molar-refractivity contribution is -0.121. The number of benzene rings is 2. The molecule has 0 saturated carbocycles. The van der Waals surface area contributed by atoms with Gasteiger partial charge >= 0.3 is 0 Å². The monoisotopic (exact) mass is 380 g/mol. The Hall–Kier alpha value is -3.15. The van der Waals surface area contributed by atoms with E-state index in [0.29, 0.717) is 36.8 Å². The third kappa shape index (κ3) is 4.06. The van der Waals surface area contributed by atoms with Gasteiger partial charge < -0.3 is 24.5 Å². The first-order valence-corrected chi connectivity index (χ1v) is 9.52. The predicted molar refractivity (Wildman–Crippen MR) is 107 cm³/mol. The van der Waals surface area contributed by atoms with Crippen LogP contribution in [-0.2, 0) is 11.2 Å². The largest absolute Gasteiger partial charge is 0.497 e. The van der Waals surface area contributed by atoms with E-state index in [4.69, 9.17) is 14.2 Å². The number of carbonyl (C=O) groups excluding carboxylic acids is 1. The van der Waals surface area contributed by atoms with Crippen molar-refractivity contribution in [1.29, 1.82) is 0 Å². The molecule has 1 aliphatic heterocycles. The maximum absolute atomic E-state index is 12.2. The summed E-state index contributed by atoms with van der Waals surface area (Å²) in [5.41, 5.74) is 2.38. The summed E-state index contributed by atoms with van der Waals surface area (Å²) >= 11 is 0. The van der Waals surface area contributed by atoms with Crippen molar-refractivity contribution in [2.75, 3.05) is 20.3 Å². The number of hydrogen-bond acceptors (Lipinski definition) is 4. The Morgan fingerprint density at radius 3 is 3.04 bits per heavy atom. The normalized spacial score (nSPS) is 15.4. The number of methoxy groups -OCH3 is 1. The van der Waals surface area contributed by atoms with Gasteiger partial charge in [-0.3, -0.25) is 4.79 Å². The topological polar surface area (TPSA) is 72.6 Å². The van der Waals surface area contributed by atoms with Gasteiger partial charge in [0.1, 0.15) is 18.5 Å². The van der Waals surface area contributed by atoms with Gasteiger partial charge in [-0.25, -0.2) is 0 Å². The minimum atomic E-state index is -0.211. The third-order valence-electron chi connectivity index (χ3n) is 4.92. The molecule has 1 aromatic heterocycles.